The lowest BCUT2D eigenvalue weighted by Gasteiger charge is -2.21. The Bertz CT molecular complexity index is 1960. The first-order valence-electron chi connectivity index (χ1n) is 29.0. The van der Waals surface area contributed by atoms with E-state index < -0.39 is 64.4 Å². The van der Waals surface area contributed by atoms with Gasteiger partial charge in [-0.2, -0.15) is 0 Å². The fourth-order valence-electron chi connectivity index (χ4n) is 6.83. The summed E-state index contributed by atoms with van der Waals surface area (Å²) in [5, 5.41) is 9.83. The molecule has 0 aromatic heterocycles. The molecule has 3 unspecified atom stereocenters. The third-order valence-corrected chi connectivity index (χ3v) is 12.1. The predicted octanol–water partition coefficient (Wildman–Crippen LogP) is 17.5. The molecule has 11 nitrogen and oxygen atoms in total. The van der Waals surface area contributed by atoms with Crippen LogP contribution in [0, 0.1) is 0 Å². The number of carbonyl (C=O) groups is 3. The molecule has 0 fully saturated rings. The molecule has 3 atom stereocenters. The van der Waals surface area contributed by atoms with Gasteiger partial charge in [-0.15, -0.1) is 0 Å². The molecule has 436 valence electrons. The number of allylic oxidation sites excluding steroid dienone is 28. The average Bonchev–Trinajstić information content (AvgIpc) is 3.43. The Kier molecular flexibility index (Phi) is 54.2. The van der Waals surface area contributed by atoms with Crippen LogP contribution in [0.2, 0.25) is 0 Å². The number of carbonyl (C=O) groups excluding carboxylic acids is 3. The fraction of sp³-hybridized carbons (Fsp3) is 0.530. The SMILES string of the molecule is CC/C=C\C/C=C\C/C=C\C/C=C\C/C=C\CCCCCC(=O)OC(CO)COP(=O)(O)OCC(COC(=O)CC/C=C\C/C=C\C/C=C\C/C=C\CC)OC(=O)CCCCC/C=C\C/C=C\C/C=C\C/C=C\C/C=C\CC. The van der Waals surface area contributed by atoms with Gasteiger partial charge in [0.15, 0.2) is 6.10 Å². The summed E-state index contributed by atoms with van der Waals surface area (Å²) in [6.07, 6.45) is 77.6. The zero-order valence-electron chi connectivity index (χ0n) is 48.0. The molecule has 0 spiro atoms. The van der Waals surface area contributed by atoms with E-state index in [2.05, 4.69) is 179 Å². The van der Waals surface area contributed by atoms with Crippen LogP contribution in [0.5, 0.6) is 0 Å². The summed E-state index contributed by atoms with van der Waals surface area (Å²) < 4.78 is 39.4. The quantitative estimate of drug-likeness (QED) is 0.0197. The summed E-state index contributed by atoms with van der Waals surface area (Å²) in [6.45, 7) is 4.11. The summed E-state index contributed by atoms with van der Waals surface area (Å²) in [5.74, 6) is -1.66. The maximum absolute atomic E-state index is 12.9. The van der Waals surface area contributed by atoms with E-state index in [1.165, 1.54) is 0 Å². The Morgan fingerprint density at radius 3 is 0.987 bits per heavy atom. The number of hydrogen-bond acceptors (Lipinski definition) is 10. The Morgan fingerprint density at radius 2 is 0.654 bits per heavy atom. The highest BCUT2D eigenvalue weighted by molar-refractivity contribution is 7.47. The van der Waals surface area contributed by atoms with Gasteiger partial charge in [-0.3, -0.25) is 23.4 Å². The highest BCUT2D eigenvalue weighted by atomic mass is 31.2. The maximum Gasteiger partial charge on any atom is 0.472 e. The monoisotopic (exact) mass is 1100 g/mol. The number of ether oxygens (including phenoxy) is 3. The molecule has 0 rings (SSSR count). The second-order valence-corrected chi connectivity index (χ2v) is 19.8. The van der Waals surface area contributed by atoms with E-state index in [0.29, 0.717) is 19.3 Å². The summed E-state index contributed by atoms with van der Waals surface area (Å²) in [7, 11) is -4.80. The first kappa shape index (κ1) is 72.8. The van der Waals surface area contributed by atoms with Gasteiger partial charge >= 0.3 is 25.7 Å². The first-order valence-corrected chi connectivity index (χ1v) is 30.5. The van der Waals surface area contributed by atoms with E-state index in [-0.39, 0.29) is 19.3 Å². The molecule has 0 aromatic carbocycles. The lowest BCUT2D eigenvalue weighted by Crippen LogP contribution is -2.30. The standard InChI is InChI=1S/C66H101O11P/c1-4-7-10-13-16-19-22-25-27-29-31-33-35-38-41-44-47-50-53-56-65(69)76-62(58-67)60-74-78(71,72)75-61-63(59-73-64(68)55-52-49-46-43-40-37-24-21-18-15-12-9-6-3)77-66(70)57-54-51-48-45-42-39-36-34-32-30-28-26-23-20-17-14-11-8-5-2/h7-12,16-21,25-28,31-34,37-42,46,49,62-63,67H,4-6,13-15,22-24,29-30,35-36,43-45,47-48,50-61H2,1-3H3,(H,71,72)/b10-7-,11-8-,12-9-,19-16-,20-17-,21-18-,27-25-,28-26-,33-31-,34-32-,40-37-,41-38-,42-39-,49-46-. The van der Waals surface area contributed by atoms with Crippen molar-refractivity contribution in [2.75, 3.05) is 26.4 Å². The molecule has 0 saturated heterocycles. The van der Waals surface area contributed by atoms with E-state index in [1.54, 1.807) is 0 Å². The van der Waals surface area contributed by atoms with Crippen molar-refractivity contribution >= 4 is 25.7 Å². The largest absolute Gasteiger partial charge is 0.472 e. The number of unbranched alkanes of at least 4 members (excludes halogenated alkanes) is 6. The minimum absolute atomic E-state index is 0.0849. The van der Waals surface area contributed by atoms with Crippen LogP contribution in [0.3, 0.4) is 0 Å². The summed E-state index contributed by atoms with van der Waals surface area (Å²) in [6, 6.07) is 0. The van der Waals surface area contributed by atoms with Crippen LogP contribution in [-0.4, -0.2) is 66.5 Å². The van der Waals surface area contributed by atoms with Gasteiger partial charge in [0.05, 0.1) is 19.8 Å². The highest BCUT2D eigenvalue weighted by Gasteiger charge is 2.28. The predicted molar refractivity (Wildman–Crippen MR) is 325 cm³/mol. The van der Waals surface area contributed by atoms with Gasteiger partial charge in [0.2, 0.25) is 0 Å². The molecule has 0 aliphatic rings. The van der Waals surface area contributed by atoms with Crippen molar-refractivity contribution in [1.29, 1.82) is 0 Å². The van der Waals surface area contributed by atoms with Crippen molar-refractivity contribution in [2.24, 2.45) is 0 Å². The third-order valence-electron chi connectivity index (χ3n) is 11.1. The van der Waals surface area contributed by atoms with Crippen LogP contribution >= 0.6 is 7.82 Å². The van der Waals surface area contributed by atoms with Crippen LogP contribution in [0.4, 0.5) is 0 Å². The molecular weight excluding hydrogens is 1000 g/mol. The minimum Gasteiger partial charge on any atom is -0.462 e. The molecule has 0 heterocycles. The molecule has 0 aromatic rings. The molecule has 0 aliphatic carbocycles. The van der Waals surface area contributed by atoms with Gasteiger partial charge in [0, 0.05) is 19.3 Å². The van der Waals surface area contributed by atoms with Gasteiger partial charge in [-0.05, 0) is 135 Å². The van der Waals surface area contributed by atoms with Crippen LogP contribution in [-0.2, 0) is 42.2 Å². The minimum atomic E-state index is -4.80. The summed E-state index contributed by atoms with van der Waals surface area (Å²) in [4.78, 5) is 48.5. The highest BCUT2D eigenvalue weighted by Crippen LogP contribution is 2.43. The molecule has 0 bridgehead atoms. The van der Waals surface area contributed by atoms with Crippen molar-refractivity contribution < 1.29 is 52.2 Å². The Balaban J connectivity index is 4.88. The number of rotatable bonds is 51. The van der Waals surface area contributed by atoms with Crippen molar-refractivity contribution in [3.8, 4) is 0 Å². The zero-order valence-corrected chi connectivity index (χ0v) is 48.9. The van der Waals surface area contributed by atoms with Crippen molar-refractivity contribution in [1.82, 2.24) is 0 Å². The smallest absolute Gasteiger partial charge is 0.462 e. The van der Waals surface area contributed by atoms with E-state index in [9.17, 15) is 28.9 Å². The van der Waals surface area contributed by atoms with Gasteiger partial charge < -0.3 is 24.2 Å². The average molecular weight is 1100 g/mol. The molecule has 78 heavy (non-hydrogen) atoms. The summed E-state index contributed by atoms with van der Waals surface area (Å²) in [5.41, 5.74) is 0. The van der Waals surface area contributed by atoms with Gasteiger partial charge in [-0.25, -0.2) is 4.57 Å². The number of esters is 3. The van der Waals surface area contributed by atoms with Gasteiger partial charge in [0.1, 0.15) is 12.7 Å². The van der Waals surface area contributed by atoms with Gasteiger partial charge in [0.25, 0.3) is 0 Å². The van der Waals surface area contributed by atoms with E-state index in [4.69, 9.17) is 23.3 Å². The molecule has 0 aliphatic heterocycles. The molecule has 12 heteroatoms. The second-order valence-electron chi connectivity index (χ2n) is 18.3. The molecule has 0 radical (unpaired) electrons. The van der Waals surface area contributed by atoms with E-state index in [1.807, 2.05) is 12.2 Å². The third kappa shape index (κ3) is 55.6. The van der Waals surface area contributed by atoms with E-state index >= 15 is 0 Å². The number of aliphatic hydroxyl groups excluding tert-OH is 1. The topological polar surface area (TPSA) is 155 Å². The Morgan fingerprint density at radius 1 is 0.359 bits per heavy atom. The van der Waals surface area contributed by atoms with Crippen molar-refractivity contribution in [3.05, 3.63) is 170 Å². The lowest BCUT2D eigenvalue weighted by molar-refractivity contribution is -0.161. The number of phosphoric acid groups is 1. The van der Waals surface area contributed by atoms with Crippen molar-refractivity contribution in [2.45, 2.75) is 200 Å². The Hall–Kier alpha value is -5.16. The molecule has 0 saturated carbocycles. The lowest BCUT2D eigenvalue weighted by atomic mass is 10.1. The first-order chi connectivity index (χ1) is 38.2. The molecular formula is C66H101O11P. The molecule has 0 amide bonds. The van der Waals surface area contributed by atoms with Crippen LogP contribution in [0.1, 0.15) is 188 Å². The normalized spacial score (nSPS) is 14.6. The number of aliphatic hydroxyl groups is 1. The Labute approximate surface area is 472 Å². The molecule has 2 N–H and O–H groups in total. The fourth-order valence-corrected chi connectivity index (χ4v) is 7.62. The van der Waals surface area contributed by atoms with E-state index in [0.717, 1.165) is 128 Å². The van der Waals surface area contributed by atoms with Crippen LogP contribution in [0.15, 0.2) is 170 Å². The zero-order chi connectivity index (χ0) is 56.9. The van der Waals surface area contributed by atoms with Crippen molar-refractivity contribution in [3.63, 3.8) is 0 Å². The van der Waals surface area contributed by atoms with Crippen LogP contribution in [0.25, 0.3) is 0 Å². The number of hydrogen-bond donors (Lipinski definition) is 2. The number of phosphoric ester groups is 1. The second kappa shape index (κ2) is 58.0. The maximum atomic E-state index is 12.9. The van der Waals surface area contributed by atoms with Gasteiger partial charge in [-0.1, -0.05) is 204 Å². The summed E-state index contributed by atoms with van der Waals surface area (Å²) >= 11 is 0. The van der Waals surface area contributed by atoms with Crippen LogP contribution < -0.4 is 0 Å².